The van der Waals surface area contributed by atoms with Crippen LogP contribution in [0.4, 0.5) is 0 Å². The SMILES string of the molecule is CC[Si](CC)(CC)c1ccccc1-c1ncnc2[nH]ccc12. The van der Waals surface area contributed by atoms with Gasteiger partial charge in [-0.15, -0.1) is 0 Å². The molecule has 0 radical (unpaired) electrons. The molecule has 0 aliphatic rings. The van der Waals surface area contributed by atoms with Crippen molar-refractivity contribution in [2.45, 2.75) is 38.9 Å². The minimum atomic E-state index is -1.46. The molecule has 3 rings (SSSR count). The second-order valence-corrected chi connectivity index (χ2v) is 11.1. The van der Waals surface area contributed by atoms with Crippen molar-refractivity contribution in [3.63, 3.8) is 0 Å². The largest absolute Gasteiger partial charge is 0.346 e. The first kappa shape index (κ1) is 15.0. The lowest BCUT2D eigenvalue weighted by molar-refractivity contribution is 1.19. The average Bonchev–Trinajstić information content (AvgIpc) is 3.06. The highest BCUT2D eigenvalue weighted by Crippen LogP contribution is 2.29. The molecular weight excluding hydrogens is 286 g/mol. The van der Waals surface area contributed by atoms with Gasteiger partial charge in [0.15, 0.2) is 0 Å². The van der Waals surface area contributed by atoms with Gasteiger partial charge < -0.3 is 4.98 Å². The molecule has 1 aromatic carbocycles. The molecule has 0 aliphatic carbocycles. The fourth-order valence-corrected chi connectivity index (χ4v) is 7.43. The number of aromatic amines is 1. The van der Waals surface area contributed by atoms with Crippen molar-refractivity contribution in [1.82, 2.24) is 15.0 Å². The molecule has 114 valence electrons. The van der Waals surface area contributed by atoms with Gasteiger partial charge in [0.1, 0.15) is 12.0 Å². The summed E-state index contributed by atoms with van der Waals surface area (Å²) in [6.07, 6.45) is 3.60. The lowest BCUT2D eigenvalue weighted by Gasteiger charge is -2.30. The van der Waals surface area contributed by atoms with Crippen molar-refractivity contribution in [2.24, 2.45) is 0 Å². The molecule has 2 aromatic heterocycles. The molecule has 4 heteroatoms. The maximum absolute atomic E-state index is 4.62. The monoisotopic (exact) mass is 309 g/mol. The normalized spacial score (nSPS) is 12.0. The van der Waals surface area contributed by atoms with Gasteiger partial charge in [-0.25, -0.2) is 9.97 Å². The third-order valence-corrected chi connectivity index (χ3v) is 10.8. The number of aromatic nitrogens is 3. The van der Waals surface area contributed by atoms with Gasteiger partial charge in [-0.3, -0.25) is 0 Å². The summed E-state index contributed by atoms with van der Waals surface area (Å²) in [4.78, 5) is 12.1. The first-order valence-corrected chi connectivity index (χ1v) is 10.8. The Hall–Kier alpha value is -1.94. The summed E-state index contributed by atoms with van der Waals surface area (Å²) in [6.45, 7) is 7.05. The Kier molecular flexibility index (Phi) is 4.11. The number of benzene rings is 1. The summed E-state index contributed by atoms with van der Waals surface area (Å²) in [7, 11) is -1.46. The van der Waals surface area contributed by atoms with Crippen molar-refractivity contribution in [3.8, 4) is 11.3 Å². The zero-order valence-electron chi connectivity index (χ0n) is 13.6. The lowest BCUT2D eigenvalue weighted by atomic mass is 10.1. The Labute approximate surface area is 132 Å². The van der Waals surface area contributed by atoms with E-state index in [1.165, 1.54) is 23.7 Å². The fraction of sp³-hybridized carbons (Fsp3) is 0.333. The van der Waals surface area contributed by atoms with Crippen LogP contribution >= 0.6 is 0 Å². The molecule has 0 fully saturated rings. The minimum absolute atomic E-state index is 0.913. The van der Waals surface area contributed by atoms with E-state index < -0.39 is 8.07 Å². The topological polar surface area (TPSA) is 41.6 Å². The second-order valence-electron chi connectivity index (χ2n) is 5.85. The highest BCUT2D eigenvalue weighted by molar-refractivity contribution is 6.92. The van der Waals surface area contributed by atoms with Crippen molar-refractivity contribution in [1.29, 1.82) is 0 Å². The van der Waals surface area contributed by atoms with E-state index in [4.69, 9.17) is 0 Å². The standard InChI is InChI=1S/C18H23N3Si/c1-4-22(5-2,6-3)16-10-8-7-9-14(16)17-15-11-12-19-18(15)21-13-20-17/h7-13H,4-6H2,1-3H3,(H,19,20,21). The van der Waals surface area contributed by atoms with E-state index in [-0.39, 0.29) is 0 Å². The first-order valence-electron chi connectivity index (χ1n) is 8.13. The van der Waals surface area contributed by atoms with Gasteiger partial charge in [0.25, 0.3) is 0 Å². The Balaban J connectivity index is 2.27. The smallest absolute Gasteiger partial charge is 0.141 e. The maximum Gasteiger partial charge on any atom is 0.141 e. The Morgan fingerprint density at radius 1 is 0.955 bits per heavy atom. The van der Waals surface area contributed by atoms with Crippen LogP contribution in [0.1, 0.15) is 20.8 Å². The van der Waals surface area contributed by atoms with Gasteiger partial charge in [-0.2, -0.15) is 0 Å². The van der Waals surface area contributed by atoms with E-state index in [1.807, 2.05) is 6.20 Å². The quantitative estimate of drug-likeness (QED) is 0.712. The van der Waals surface area contributed by atoms with Crippen LogP contribution < -0.4 is 5.19 Å². The molecule has 0 spiro atoms. The number of rotatable bonds is 5. The number of fused-ring (bicyclic) bond motifs is 1. The van der Waals surface area contributed by atoms with Gasteiger partial charge >= 0.3 is 0 Å². The second kappa shape index (κ2) is 6.05. The number of nitrogens with one attached hydrogen (secondary N) is 1. The van der Waals surface area contributed by atoms with E-state index in [2.05, 4.69) is 66.1 Å². The van der Waals surface area contributed by atoms with Crippen molar-refractivity contribution in [2.75, 3.05) is 0 Å². The van der Waals surface area contributed by atoms with Gasteiger partial charge in [0.2, 0.25) is 0 Å². The highest BCUT2D eigenvalue weighted by atomic mass is 28.3. The Morgan fingerprint density at radius 3 is 2.41 bits per heavy atom. The van der Waals surface area contributed by atoms with Crippen LogP contribution in [0.5, 0.6) is 0 Å². The molecule has 0 atom stereocenters. The fourth-order valence-electron chi connectivity index (χ4n) is 3.56. The van der Waals surface area contributed by atoms with Crippen LogP contribution in [0.25, 0.3) is 22.3 Å². The number of hydrogen-bond acceptors (Lipinski definition) is 2. The van der Waals surface area contributed by atoms with Gasteiger partial charge in [-0.05, 0) is 6.07 Å². The summed E-state index contributed by atoms with van der Waals surface area (Å²) in [6, 6.07) is 14.8. The number of H-pyrrole nitrogens is 1. The molecule has 3 nitrogen and oxygen atoms in total. The zero-order chi connectivity index (χ0) is 15.6. The Morgan fingerprint density at radius 2 is 1.68 bits per heavy atom. The number of nitrogens with zero attached hydrogens (tertiary/aromatic N) is 2. The predicted molar refractivity (Wildman–Crippen MR) is 96.2 cm³/mol. The van der Waals surface area contributed by atoms with Gasteiger partial charge in [0.05, 0.1) is 13.8 Å². The van der Waals surface area contributed by atoms with E-state index in [0.717, 1.165) is 16.7 Å². The van der Waals surface area contributed by atoms with E-state index >= 15 is 0 Å². The molecule has 1 N–H and O–H groups in total. The summed E-state index contributed by atoms with van der Waals surface area (Å²) in [5.41, 5.74) is 3.28. The van der Waals surface area contributed by atoms with Crippen molar-refractivity contribution >= 4 is 24.3 Å². The molecular formula is C18H23N3Si. The van der Waals surface area contributed by atoms with Crippen molar-refractivity contribution < 1.29 is 0 Å². The van der Waals surface area contributed by atoms with Crippen LogP contribution in [0.3, 0.4) is 0 Å². The Bertz CT molecular complexity index is 766. The maximum atomic E-state index is 4.62. The third kappa shape index (κ3) is 2.27. The highest BCUT2D eigenvalue weighted by Gasteiger charge is 2.31. The third-order valence-electron chi connectivity index (χ3n) is 5.14. The van der Waals surface area contributed by atoms with E-state index in [9.17, 15) is 0 Å². The molecule has 0 unspecified atom stereocenters. The lowest BCUT2D eigenvalue weighted by Crippen LogP contribution is -2.46. The summed E-state index contributed by atoms with van der Waals surface area (Å²) in [5.74, 6) is 0. The van der Waals surface area contributed by atoms with Gasteiger partial charge in [0, 0.05) is 17.1 Å². The molecule has 0 aliphatic heterocycles. The zero-order valence-corrected chi connectivity index (χ0v) is 14.6. The van der Waals surface area contributed by atoms with Gasteiger partial charge in [-0.1, -0.05) is 68.4 Å². The van der Waals surface area contributed by atoms with Crippen molar-refractivity contribution in [3.05, 3.63) is 42.9 Å². The first-order chi connectivity index (χ1) is 10.8. The minimum Gasteiger partial charge on any atom is -0.346 e. The van der Waals surface area contributed by atoms with Crippen LogP contribution in [-0.2, 0) is 0 Å². The molecule has 0 amide bonds. The molecule has 0 saturated heterocycles. The molecule has 22 heavy (non-hydrogen) atoms. The van der Waals surface area contributed by atoms with Crippen LogP contribution in [0.15, 0.2) is 42.9 Å². The molecule has 0 bridgehead atoms. The van der Waals surface area contributed by atoms with Crippen LogP contribution in [0.2, 0.25) is 18.1 Å². The summed E-state index contributed by atoms with van der Waals surface area (Å²) < 4.78 is 0. The predicted octanol–water partition coefficient (Wildman–Crippen LogP) is 4.34. The summed E-state index contributed by atoms with van der Waals surface area (Å²) in [5, 5.41) is 2.66. The number of hydrogen-bond donors (Lipinski definition) is 1. The molecule has 3 aromatic rings. The van der Waals surface area contributed by atoms with Crippen LogP contribution in [0, 0.1) is 0 Å². The average molecular weight is 309 g/mol. The van der Waals surface area contributed by atoms with E-state index in [0.29, 0.717) is 0 Å². The molecule has 0 saturated carbocycles. The van der Waals surface area contributed by atoms with Crippen LogP contribution in [-0.4, -0.2) is 23.0 Å². The summed E-state index contributed by atoms with van der Waals surface area (Å²) >= 11 is 0. The molecule has 2 heterocycles. The van der Waals surface area contributed by atoms with E-state index in [1.54, 1.807) is 11.5 Å².